The molecule has 0 aliphatic heterocycles. The third kappa shape index (κ3) is 3.19. The van der Waals surface area contributed by atoms with Crippen LogP contribution in [0.4, 0.5) is 0 Å². The standard InChI is InChI=1S/C14H27P/c1-13(9-5-3-6-10-13)15-14(2)11-7-4-8-12-14/h15H,3-12H2,1-2H3. The van der Waals surface area contributed by atoms with Gasteiger partial charge in [0.15, 0.2) is 0 Å². The molecule has 0 spiro atoms. The lowest BCUT2D eigenvalue weighted by molar-refractivity contribution is 0.383. The highest BCUT2D eigenvalue weighted by molar-refractivity contribution is 7.41. The molecule has 2 aliphatic rings. The first-order valence-electron chi connectivity index (χ1n) is 6.91. The molecule has 0 saturated heterocycles. The maximum Gasteiger partial charge on any atom is -0.0145 e. The summed E-state index contributed by atoms with van der Waals surface area (Å²) in [6.45, 7) is 5.15. The van der Waals surface area contributed by atoms with Crippen molar-refractivity contribution in [2.24, 2.45) is 0 Å². The molecular weight excluding hydrogens is 199 g/mol. The summed E-state index contributed by atoms with van der Waals surface area (Å²) < 4.78 is 0. The normalized spacial score (nSPS) is 30.0. The van der Waals surface area contributed by atoms with E-state index in [1.54, 1.807) is 0 Å². The lowest BCUT2D eigenvalue weighted by Crippen LogP contribution is -2.32. The molecule has 2 fully saturated rings. The lowest BCUT2D eigenvalue weighted by atomic mass is 9.89. The molecule has 0 bridgehead atoms. The summed E-state index contributed by atoms with van der Waals surface area (Å²) in [7, 11) is 1.24. The van der Waals surface area contributed by atoms with E-state index >= 15 is 0 Å². The summed E-state index contributed by atoms with van der Waals surface area (Å²) in [6.07, 6.45) is 15.1. The first kappa shape index (κ1) is 11.9. The van der Waals surface area contributed by atoms with Crippen molar-refractivity contribution in [1.29, 1.82) is 0 Å². The minimum Gasteiger partial charge on any atom is -0.110 e. The molecule has 2 rings (SSSR count). The molecule has 88 valence electrons. The van der Waals surface area contributed by atoms with Gasteiger partial charge >= 0.3 is 0 Å². The van der Waals surface area contributed by atoms with E-state index in [1.807, 2.05) is 0 Å². The lowest BCUT2D eigenvalue weighted by Gasteiger charge is -2.44. The third-order valence-electron chi connectivity index (χ3n) is 4.52. The van der Waals surface area contributed by atoms with Crippen LogP contribution in [-0.2, 0) is 0 Å². The van der Waals surface area contributed by atoms with Crippen LogP contribution < -0.4 is 0 Å². The Hall–Kier alpha value is 0.430. The van der Waals surface area contributed by atoms with Gasteiger partial charge in [0.1, 0.15) is 0 Å². The van der Waals surface area contributed by atoms with Gasteiger partial charge in [-0.3, -0.25) is 0 Å². The third-order valence-corrected chi connectivity index (χ3v) is 6.72. The van der Waals surface area contributed by atoms with E-state index in [0.29, 0.717) is 0 Å². The van der Waals surface area contributed by atoms with Crippen molar-refractivity contribution in [2.75, 3.05) is 0 Å². The maximum absolute atomic E-state index is 2.57. The fourth-order valence-corrected chi connectivity index (χ4v) is 6.31. The van der Waals surface area contributed by atoms with E-state index < -0.39 is 0 Å². The Morgan fingerprint density at radius 2 is 0.933 bits per heavy atom. The Morgan fingerprint density at radius 1 is 0.600 bits per heavy atom. The maximum atomic E-state index is 2.57. The van der Waals surface area contributed by atoms with Crippen molar-refractivity contribution < 1.29 is 0 Å². The molecule has 0 heterocycles. The van der Waals surface area contributed by atoms with E-state index in [4.69, 9.17) is 0 Å². The predicted molar refractivity (Wildman–Crippen MR) is 71.3 cm³/mol. The van der Waals surface area contributed by atoms with E-state index in [-0.39, 0.29) is 0 Å². The van der Waals surface area contributed by atoms with Crippen molar-refractivity contribution in [2.45, 2.75) is 88.4 Å². The summed E-state index contributed by atoms with van der Waals surface area (Å²) in [5, 5.41) is 1.45. The Morgan fingerprint density at radius 3 is 1.27 bits per heavy atom. The van der Waals surface area contributed by atoms with Gasteiger partial charge in [-0.1, -0.05) is 52.4 Å². The minimum atomic E-state index is 0.727. The van der Waals surface area contributed by atoms with Crippen LogP contribution in [0.1, 0.15) is 78.1 Å². The summed E-state index contributed by atoms with van der Waals surface area (Å²) in [4.78, 5) is 0. The molecule has 0 aromatic heterocycles. The van der Waals surface area contributed by atoms with Crippen LogP contribution in [0, 0.1) is 0 Å². The molecule has 0 atom stereocenters. The average molecular weight is 226 g/mol. The van der Waals surface area contributed by atoms with Crippen LogP contribution >= 0.6 is 8.58 Å². The zero-order chi connectivity index (χ0) is 10.8. The first-order valence-corrected chi connectivity index (χ1v) is 7.91. The van der Waals surface area contributed by atoms with E-state index in [1.165, 1.54) is 72.8 Å². The number of hydrogen-bond acceptors (Lipinski definition) is 0. The van der Waals surface area contributed by atoms with Gasteiger partial charge in [-0.05, 0) is 36.0 Å². The van der Waals surface area contributed by atoms with Gasteiger partial charge in [0, 0.05) is 0 Å². The molecule has 0 nitrogen and oxygen atoms in total. The quantitative estimate of drug-likeness (QED) is 0.574. The second-order valence-electron chi connectivity index (χ2n) is 6.37. The fraction of sp³-hybridized carbons (Fsp3) is 1.00. The largest absolute Gasteiger partial charge is 0.110 e. The highest BCUT2D eigenvalue weighted by atomic mass is 31.1. The Kier molecular flexibility index (Phi) is 3.76. The van der Waals surface area contributed by atoms with Crippen LogP contribution in [0.15, 0.2) is 0 Å². The van der Waals surface area contributed by atoms with Gasteiger partial charge in [0.25, 0.3) is 0 Å². The van der Waals surface area contributed by atoms with Crippen LogP contribution in [0.5, 0.6) is 0 Å². The van der Waals surface area contributed by atoms with Crippen molar-refractivity contribution in [3.05, 3.63) is 0 Å². The summed E-state index contributed by atoms with van der Waals surface area (Å²) in [5.74, 6) is 0. The van der Waals surface area contributed by atoms with Crippen molar-refractivity contribution in [3.63, 3.8) is 0 Å². The second-order valence-corrected chi connectivity index (χ2v) is 9.03. The molecule has 0 aromatic rings. The summed E-state index contributed by atoms with van der Waals surface area (Å²) >= 11 is 0. The van der Waals surface area contributed by atoms with Gasteiger partial charge in [0.2, 0.25) is 0 Å². The summed E-state index contributed by atoms with van der Waals surface area (Å²) in [6, 6.07) is 0. The number of hydrogen-bond donors (Lipinski definition) is 0. The zero-order valence-electron chi connectivity index (χ0n) is 10.6. The molecule has 2 saturated carbocycles. The van der Waals surface area contributed by atoms with Crippen LogP contribution in [-0.4, -0.2) is 10.3 Å². The van der Waals surface area contributed by atoms with E-state index in [9.17, 15) is 0 Å². The van der Waals surface area contributed by atoms with Crippen LogP contribution in [0.2, 0.25) is 0 Å². The predicted octanol–water partition coefficient (Wildman–Crippen LogP) is 5.11. The Labute approximate surface area is 97.4 Å². The van der Waals surface area contributed by atoms with E-state index in [0.717, 1.165) is 10.3 Å². The molecule has 0 N–H and O–H groups in total. The SMILES string of the molecule is CC1(PC2(C)CCCCC2)CCCCC1. The minimum absolute atomic E-state index is 0.727. The van der Waals surface area contributed by atoms with Crippen molar-refractivity contribution >= 4 is 8.58 Å². The highest BCUT2D eigenvalue weighted by Gasteiger charge is 2.36. The highest BCUT2D eigenvalue weighted by Crippen LogP contribution is 2.55. The molecule has 1 heteroatoms. The average Bonchev–Trinajstić information content (AvgIpc) is 2.18. The first-order chi connectivity index (χ1) is 7.12. The topological polar surface area (TPSA) is 0 Å². The second kappa shape index (κ2) is 4.74. The van der Waals surface area contributed by atoms with Gasteiger partial charge in [-0.2, -0.15) is 0 Å². The van der Waals surface area contributed by atoms with E-state index in [2.05, 4.69) is 13.8 Å². The zero-order valence-corrected chi connectivity index (χ0v) is 11.6. The smallest absolute Gasteiger partial charge is 0.0145 e. The van der Waals surface area contributed by atoms with Crippen molar-refractivity contribution in [3.8, 4) is 0 Å². The molecule has 0 amide bonds. The molecule has 0 unspecified atom stereocenters. The molecular formula is C14H27P. The molecule has 2 aliphatic carbocycles. The summed E-state index contributed by atoms with van der Waals surface area (Å²) in [5.41, 5.74) is 0. The van der Waals surface area contributed by atoms with Crippen molar-refractivity contribution in [1.82, 2.24) is 0 Å². The fourth-order valence-electron chi connectivity index (χ4n) is 3.64. The molecule has 0 aromatic carbocycles. The van der Waals surface area contributed by atoms with Crippen LogP contribution in [0.25, 0.3) is 0 Å². The van der Waals surface area contributed by atoms with Gasteiger partial charge in [-0.25, -0.2) is 0 Å². The molecule has 0 radical (unpaired) electrons. The Balaban J connectivity index is 1.93. The molecule has 15 heavy (non-hydrogen) atoms. The monoisotopic (exact) mass is 226 g/mol. The van der Waals surface area contributed by atoms with Gasteiger partial charge < -0.3 is 0 Å². The van der Waals surface area contributed by atoms with Crippen LogP contribution in [0.3, 0.4) is 0 Å². The van der Waals surface area contributed by atoms with Gasteiger partial charge in [-0.15, -0.1) is 8.58 Å². The number of rotatable bonds is 2. The Bertz CT molecular complexity index is 175. The van der Waals surface area contributed by atoms with Gasteiger partial charge in [0.05, 0.1) is 0 Å².